The van der Waals surface area contributed by atoms with Crippen molar-refractivity contribution in [2.75, 3.05) is 0 Å². The molecule has 1 fully saturated rings. The van der Waals surface area contributed by atoms with Gasteiger partial charge in [0, 0.05) is 11.6 Å². The molecule has 148 valence electrons. The normalized spacial score (nSPS) is 26.2. The van der Waals surface area contributed by atoms with E-state index in [2.05, 4.69) is 0 Å². The third-order valence-electron chi connectivity index (χ3n) is 6.27. The molecule has 29 heavy (non-hydrogen) atoms. The fourth-order valence-corrected chi connectivity index (χ4v) is 5.04. The standard InChI is InChI=1S/C24H22ClNO3/c25-18-12-6-4-10-16(18)14-26-21(15-8-2-1-3-9-15)20-22(27)17-11-5-7-13-19(17)29-23(20)24(26)28/h1-4,6,8-10,12,17,19,21H,5,7,11,13-14H2. The average molecular weight is 408 g/mol. The SMILES string of the molecule is O=C1C2=C(OC3CCCCC13)C(=O)N(Cc1ccccc1Cl)C2c1ccccc1. The Hall–Kier alpha value is -2.59. The van der Waals surface area contributed by atoms with E-state index in [0.717, 1.165) is 36.8 Å². The molecule has 2 aromatic rings. The van der Waals surface area contributed by atoms with Crippen molar-refractivity contribution in [3.63, 3.8) is 0 Å². The van der Waals surface area contributed by atoms with Gasteiger partial charge in [0.25, 0.3) is 5.91 Å². The Morgan fingerprint density at radius 1 is 0.966 bits per heavy atom. The number of Topliss-reactive ketones (excluding diaryl/α,β-unsaturated/α-hetero) is 1. The molecule has 2 heterocycles. The van der Waals surface area contributed by atoms with Gasteiger partial charge in [-0.2, -0.15) is 0 Å². The first-order valence-electron chi connectivity index (χ1n) is 10.2. The molecule has 3 unspecified atom stereocenters. The Bertz CT molecular complexity index is 1000. The fourth-order valence-electron chi connectivity index (χ4n) is 4.85. The predicted molar refractivity (Wildman–Crippen MR) is 110 cm³/mol. The number of carbonyl (C=O) groups is 2. The van der Waals surface area contributed by atoms with Crippen LogP contribution >= 0.6 is 11.6 Å². The molecular weight excluding hydrogens is 386 g/mol. The van der Waals surface area contributed by atoms with Crippen molar-refractivity contribution >= 4 is 23.3 Å². The molecule has 3 atom stereocenters. The van der Waals surface area contributed by atoms with Crippen LogP contribution in [-0.4, -0.2) is 22.7 Å². The van der Waals surface area contributed by atoms with Gasteiger partial charge in [0.1, 0.15) is 6.10 Å². The topological polar surface area (TPSA) is 46.6 Å². The van der Waals surface area contributed by atoms with Crippen molar-refractivity contribution < 1.29 is 14.3 Å². The van der Waals surface area contributed by atoms with Crippen LogP contribution in [0, 0.1) is 5.92 Å². The number of halogens is 1. The largest absolute Gasteiger partial charge is 0.483 e. The lowest BCUT2D eigenvalue weighted by atomic mass is 9.77. The molecule has 0 N–H and O–H groups in total. The summed E-state index contributed by atoms with van der Waals surface area (Å²) in [4.78, 5) is 28.6. The zero-order chi connectivity index (χ0) is 20.0. The lowest BCUT2D eigenvalue weighted by Crippen LogP contribution is -2.39. The molecule has 2 aliphatic heterocycles. The molecule has 1 aliphatic carbocycles. The van der Waals surface area contributed by atoms with Gasteiger partial charge >= 0.3 is 0 Å². The number of hydrogen-bond donors (Lipinski definition) is 0. The molecule has 3 aliphatic rings. The van der Waals surface area contributed by atoms with Gasteiger partial charge < -0.3 is 9.64 Å². The van der Waals surface area contributed by atoms with Crippen LogP contribution in [0.3, 0.4) is 0 Å². The predicted octanol–water partition coefficient (Wildman–Crippen LogP) is 4.84. The molecule has 0 spiro atoms. The number of hydrogen-bond acceptors (Lipinski definition) is 3. The number of rotatable bonds is 3. The Morgan fingerprint density at radius 2 is 1.69 bits per heavy atom. The summed E-state index contributed by atoms with van der Waals surface area (Å²) in [6.45, 7) is 0.330. The summed E-state index contributed by atoms with van der Waals surface area (Å²) in [5.41, 5.74) is 2.30. The third kappa shape index (κ3) is 3.06. The second-order valence-electron chi connectivity index (χ2n) is 7.99. The Labute approximate surface area is 175 Å². The first-order chi connectivity index (χ1) is 14.1. The molecule has 5 rings (SSSR count). The van der Waals surface area contributed by atoms with Gasteiger partial charge in [0.05, 0.1) is 17.5 Å². The van der Waals surface area contributed by atoms with Crippen LogP contribution in [-0.2, 0) is 20.9 Å². The van der Waals surface area contributed by atoms with E-state index >= 15 is 0 Å². The molecule has 5 heteroatoms. The summed E-state index contributed by atoms with van der Waals surface area (Å²) in [5, 5.41) is 0.609. The van der Waals surface area contributed by atoms with Gasteiger partial charge in [0.15, 0.2) is 11.5 Å². The van der Waals surface area contributed by atoms with Crippen molar-refractivity contribution in [2.24, 2.45) is 5.92 Å². The highest BCUT2D eigenvalue weighted by Gasteiger charge is 2.51. The second kappa shape index (κ2) is 7.34. The minimum absolute atomic E-state index is 0.0832. The summed E-state index contributed by atoms with van der Waals surface area (Å²) in [6, 6.07) is 16.8. The van der Waals surface area contributed by atoms with Crippen LogP contribution in [0.4, 0.5) is 0 Å². The Morgan fingerprint density at radius 3 is 2.48 bits per heavy atom. The number of ether oxygens (including phenoxy) is 1. The van der Waals surface area contributed by atoms with Crippen molar-refractivity contribution in [2.45, 2.75) is 44.4 Å². The first-order valence-corrected chi connectivity index (χ1v) is 10.6. The zero-order valence-electron chi connectivity index (χ0n) is 16.0. The van der Waals surface area contributed by atoms with E-state index in [1.807, 2.05) is 54.6 Å². The van der Waals surface area contributed by atoms with E-state index in [0.29, 0.717) is 17.1 Å². The Balaban J connectivity index is 1.59. The van der Waals surface area contributed by atoms with E-state index in [4.69, 9.17) is 16.3 Å². The maximum atomic E-state index is 13.5. The van der Waals surface area contributed by atoms with Crippen molar-refractivity contribution in [3.05, 3.63) is 82.1 Å². The van der Waals surface area contributed by atoms with E-state index < -0.39 is 6.04 Å². The summed E-state index contributed by atoms with van der Waals surface area (Å²) < 4.78 is 6.18. The van der Waals surface area contributed by atoms with Crippen LogP contribution < -0.4 is 0 Å². The lowest BCUT2D eigenvalue weighted by molar-refractivity contribution is -0.135. The molecule has 0 saturated heterocycles. The van der Waals surface area contributed by atoms with Crippen molar-refractivity contribution in [3.8, 4) is 0 Å². The number of benzene rings is 2. The summed E-state index contributed by atoms with van der Waals surface area (Å²) >= 11 is 6.38. The number of nitrogens with zero attached hydrogens (tertiary/aromatic N) is 1. The lowest BCUT2D eigenvalue weighted by Gasteiger charge is -2.35. The zero-order valence-corrected chi connectivity index (χ0v) is 16.8. The van der Waals surface area contributed by atoms with E-state index in [-0.39, 0.29) is 29.5 Å². The van der Waals surface area contributed by atoms with E-state index in [9.17, 15) is 9.59 Å². The molecule has 2 aromatic carbocycles. The van der Waals surface area contributed by atoms with E-state index in [1.165, 1.54) is 0 Å². The fraction of sp³-hybridized carbons (Fsp3) is 0.333. The van der Waals surface area contributed by atoms with Gasteiger partial charge in [-0.1, -0.05) is 66.6 Å². The van der Waals surface area contributed by atoms with Crippen LogP contribution in [0.2, 0.25) is 5.02 Å². The van der Waals surface area contributed by atoms with Gasteiger partial charge in [-0.3, -0.25) is 9.59 Å². The highest BCUT2D eigenvalue weighted by atomic mass is 35.5. The van der Waals surface area contributed by atoms with Gasteiger partial charge in [-0.25, -0.2) is 0 Å². The summed E-state index contributed by atoms with van der Waals surface area (Å²) in [5.74, 6) is -0.0215. The molecule has 1 amide bonds. The smallest absolute Gasteiger partial charge is 0.290 e. The summed E-state index contributed by atoms with van der Waals surface area (Å²) in [6.07, 6.45) is 3.57. The maximum absolute atomic E-state index is 13.5. The van der Waals surface area contributed by atoms with Crippen LogP contribution in [0.1, 0.15) is 42.9 Å². The monoisotopic (exact) mass is 407 g/mol. The quantitative estimate of drug-likeness (QED) is 0.731. The third-order valence-corrected chi connectivity index (χ3v) is 6.64. The molecule has 1 saturated carbocycles. The maximum Gasteiger partial charge on any atom is 0.290 e. The van der Waals surface area contributed by atoms with Gasteiger partial charge in [-0.05, 0) is 36.5 Å². The number of fused-ring (bicyclic) bond motifs is 1. The van der Waals surface area contributed by atoms with Crippen LogP contribution in [0.5, 0.6) is 0 Å². The first kappa shape index (κ1) is 18.4. The average Bonchev–Trinajstić information content (AvgIpc) is 3.03. The highest BCUT2D eigenvalue weighted by molar-refractivity contribution is 6.31. The molecule has 4 nitrogen and oxygen atoms in total. The highest BCUT2D eigenvalue weighted by Crippen LogP contribution is 2.47. The van der Waals surface area contributed by atoms with Crippen LogP contribution in [0.25, 0.3) is 0 Å². The number of carbonyl (C=O) groups excluding carboxylic acids is 2. The number of amides is 1. The minimum Gasteiger partial charge on any atom is -0.483 e. The Kier molecular flexibility index (Phi) is 4.67. The van der Waals surface area contributed by atoms with Crippen LogP contribution in [0.15, 0.2) is 65.9 Å². The molecule has 0 aromatic heterocycles. The minimum atomic E-state index is -0.439. The van der Waals surface area contributed by atoms with Gasteiger partial charge in [-0.15, -0.1) is 0 Å². The van der Waals surface area contributed by atoms with Crippen molar-refractivity contribution in [1.29, 1.82) is 0 Å². The van der Waals surface area contributed by atoms with Gasteiger partial charge in [0.2, 0.25) is 0 Å². The number of ketones is 1. The molecule has 0 bridgehead atoms. The molecule has 0 radical (unpaired) electrons. The van der Waals surface area contributed by atoms with E-state index in [1.54, 1.807) is 4.90 Å². The summed E-state index contributed by atoms with van der Waals surface area (Å²) in [7, 11) is 0. The van der Waals surface area contributed by atoms with Crippen molar-refractivity contribution in [1.82, 2.24) is 4.90 Å². The second-order valence-corrected chi connectivity index (χ2v) is 8.40. The molecular formula is C24H22ClNO3.